The molecule has 2 aliphatic heterocycles. The van der Waals surface area contributed by atoms with Gasteiger partial charge in [-0.25, -0.2) is 15.0 Å². The van der Waals surface area contributed by atoms with Gasteiger partial charge in [-0.05, 0) is 35.3 Å². The van der Waals surface area contributed by atoms with Crippen LogP contribution in [0.4, 0.5) is 0 Å². The van der Waals surface area contributed by atoms with Crippen LogP contribution in [0.1, 0.15) is 46.3 Å². The minimum absolute atomic E-state index is 0.0766. The van der Waals surface area contributed by atoms with Gasteiger partial charge in [-0.2, -0.15) is 5.26 Å². The molecule has 0 saturated heterocycles. The van der Waals surface area contributed by atoms with Crippen molar-refractivity contribution >= 4 is 49.0 Å². The Labute approximate surface area is 335 Å². The third-order valence-electron chi connectivity index (χ3n) is 10.9. The van der Waals surface area contributed by atoms with Gasteiger partial charge in [-0.15, -0.1) is 11.3 Å². The normalized spacial score (nSPS) is 19.8. The highest BCUT2D eigenvalue weighted by Crippen LogP contribution is 2.45. The molecule has 0 fully saturated rings. The summed E-state index contributed by atoms with van der Waals surface area (Å²) in [5, 5.41) is 24.9. The van der Waals surface area contributed by atoms with E-state index in [1.54, 1.807) is 0 Å². The van der Waals surface area contributed by atoms with Crippen molar-refractivity contribution in [3.05, 3.63) is 214 Å². The number of benzene rings is 6. The van der Waals surface area contributed by atoms with Gasteiger partial charge in [-0.3, -0.25) is 5.32 Å². The Balaban J connectivity index is 1.17. The van der Waals surface area contributed by atoms with Crippen molar-refractivity contribution in [1.82, 2.24) is 16.0 Å². The van der Waals surface area contributed by atoms with Crippen LogP contribution in [0, 0.1) is 11.3 Å². The predicted molar refractivity (Wildman–Crippen MR) is 233 cm³/mol. The van der Waals surface area contributed by atoms with Gasteiger partial charge >= 0.3 is 0 Å². The number of fused-ring (bicyclic) bond motifs is 3. The maximum Gasteiger partial charge on any atom is 0.170 e. The quantitative estimate of drug-likeness (QED) is 0.151. The summed E-state index contributed by atoms with van der Waals surface area (Å²) >= 11 is 1.82. The van der Waals surface area contributed by atoms with Crippen molar-refractivity contribution in [2.24, 2.45) is 15.0 Å². The van der Waals surface area contributed by atoms with Crippen molar-refractivity contribution in [2.45, 2.75) is 30.8 Å². The summed E-state index contributed by atoms with van der Waals surface area (Å²) in [6, 6.07) is 58.7. The molecule has 3 aliphatic rings. The van der Waals surface area contributed by atoms with Gasteiger partial charge < -0.3 is 10.6 Å². The molecule has 7 nitrogen and oxygen atoms in total. The second-order valence-electron chi connectivity index (χ2n) is 14.4. The van der Waals surface area contributed by atoms with Crippen molar-refractivity contribution in [2.75, 3.05) is 0 Å². The molecule has 0 saturated carbocycles. The Morgan fingerprint density at radius 2 is 1.18 bits per heavy atom. The fourth-order valence-corrected chi connectivity index (χ4v) is 9.31. The van der Waals surface area contributed by atoms with Crippen LogP contribution in [0.15, 0.2) is 202 Å². The number of nitrogens with one attached hydrogen (secondary N) is 3. The molecule has 3 atom stereocenters. The lowest BCUT2D eigenvalue weighted by atomic mass is 9.78. The monoisotopic (exact) mass is 755 g/mol. The molecule has 8 heteroatoms. The highest BCUT2D eigenvalue weighted by Gasteiger charge is 2.36. The molecule has 6 aromatic carbocycles. The van der Waals surface area contributed by atoms with Crippen LogP contribution >= 0.6 is 11.3 Å². The van der Waals surface area contributed by atoms with E-state index in [9.17, 15) is 5.26 Å². The topological polar surface area (TPSA) is 97.0 Å². The number of hydrogen-bond donors (Lipinski definition) is 3. The van der Waals surface area contributed by atoms with Crippen LogP contribution in [-0.2, 0) is 0 Å². The van der Waals surface area contributed by atoms with E-state index >= 15 is 0 Å². The summed E-state index contributed by atoms with van der Waals surface area (Å²) in [7, 11) is 0. The molecule has 57 heavy (non-hydrogen) atoms. The molecule has 0 spiro atoms. The number of amidine groups is 3. The first-order valence-corrected chi connectivity index (χ1v) is 20.0. The standard InChI is InChI=1S/C49H37N7S/c50-30-40-38(48-53-44(31-16-5-1-6-17-31)51-45(54-48)32-18-7-2-8-19-32)28-35(36-25-15-27-42-43(36)37-24-13-14-26-41(37)57-42)29-39(40)49-55-46(33-20-9-3-10-21-33)52-47(56-49)34-22-11-4-12-23-34/h1-28,35,46,48-49,55H,29H2,(H,52,56)(H,51,53,54). The molecule has 10 rings (SSSR count). The van der Waals surface area contributed by atoms with Gasteiger partial charge in [0.1, 0.15) is 29.8 Å². The molecule has 7 aromatic rings. The molecule has 1 aliphatic carbocycles. The summed E-state index contributed by atoms with van der Waals surface area (Å²) in [5.41, 5.74) is 7.45. The van der Waals surface area contributed by atoms with Crippen LogP contribution in [0.5, 0.6) is 0 Å². The summed E-state index contributed by atoms with van der Waals surface area (Å²) in [4.78, 5) is 15.8. The first-order chi connectivity index (χ1) is 28.2. The van der Waals surface area contributed by atoms with Gasteiger partial charge in [0, 0.05) is 48.4 Å². The van der Waals surface area contributed by atoms with Crippen LogP contribution < -0.4 is 16.0 Å². The number of allylic oxidation sites excluding steroid dienone is 1. The van der Waals surface area contributed by atoms with E-state index in [4.69, 9.17) is 15.0 Å². The molecule has 3 heterocycles. The van der Waals surface area contributed by atoms with Gasteiger partial charge in [-0.1, -0.05) is 158 Å². The lowest BCUT2D eigenvalue weighted by Gasteiger charge is -2.37. The fourth-order valence-electron chi connectivity index (χ4n) is 8.17. The molecule has 0 amide bonds. The lowest BCUT2D eigenvalue weighted by Crippen LogP contribution is -2.53. The summed E-state index contributed by atoms with van der Waals surface area (Å²) < 4.78 is 2.50. The molecular formula is C49H37N7S. The smallest absolute Gasteiger partial charge is 0.170 e. The lowest BCUT2D eigenvalue weighted by molar-refractivity contribution is 0.423. The summed E-state index contributed by atoms with van der Waals surface area (Å²) in [5.74, 6) is 2.11. The SMILES string of the molecule is N#CC1=C(C2NC(c3ccccc3)=NC(c3ccccc3)N2)CC(c2cccc3sc4ccccc4c23)C=C1C1N=C(c2ccccc2)NC(c2ccccc2)=N1. The molecule has 1 aromatic heterocycles. The fraction of sp³-hybridized carbons (Fsp3) is 0.102. The molecular weight excluding hydrogens is 719 g/mol. The second-order valence-corrected chi connectivity index (χ2v) is 15.4. The Morgan fingerprint density at radius 3 is 1.82 bits per heavy atom. The van der Waals surface area contributed by atoms with Gasteiger partial charge in [0.05, 0.1) is 11.6 Å². The number of nitrogens with zero attached hydrogens (tertiary/aromatic N) is 4. The third-order valence-corrected chi connectivity index (χ3v) is 12.0. The number of hydrogen-bond acceptors (Lipinski definition) is 8. The zero-order valence-electron chi connectivity index (χ0n) is 30.9. The zero-order chi connectivity index (χ0) is 38.1. The summed E-state index contributed by atoms with van der Waals surface area (Å²) in [6.07, 6.45) is 1.43. The molecule has 3 unspecified atom stereocenters. The van der Waals surface area contributed by atoms with E-state index in [0.717, 1.165) is 39.2 Å². The Morgan fingerprint density at radius 1 is 0.596 bits per heavy atom. The van der Waals surface area contributed by atoms with Crippen molar-refractivity contribution in [1.29, 1.82) is 5.26 Å². The number of rotatable bonds is 7. The van der Waals surface area contributed by atoms with E-state index in [-0.39, 0.29) is 12.1 Å². The van der Waals surface area contributed by atoms with E-state index < -0.39 is 12.3 Å². The first-order valence-electron chi connectivity index (χ1n) is 19.2. The average Bonchev–Trinajstić information content (AvgIpc) is 3.68. The maximum absolute atomic E-state index is 11.3. The van der Waals surface area contributed by atoms with E-state index in [1.807, 2.05) is 108 Å². The zero-order valence-corrected chi connectivity index (χ0v) is 31.7. The number of nitriles is 1. The van der Waals surface area contributed by atoms with Crippen LogP contribution in [0.2, 0.25) is 0 Å². The first kappa shape index (κ1) is 34.6. The Kier molecular flexibility index (Phi) is 9.07. The third kappa shape index (κ3) is 6.63. The van der Waals surface area contributed by atoms with Crippen molar-refractivity contribution in [3.63, 3.8) is 0 Å². The van der Waals surface area contributed by atoms with Gasteiger partial charge in [0.15, 0.2) is 6.17 Å². The highest BCUT2D eigenvalue weighted by molar-refractivity contribution is 7.25. The van der Waals surface area contributed by atoms with E-state index in [2.05, 4.69) is 94.8 Å². The minimum atomic E-state index is -0.682. The van der Waals surface area contributed by atoms with E-state index in [0.29, 0.717) is 23.7 Å². The number of thiophene rings is 1. The van der Waals surface area contributed by atoms with Crippen molar-refractivity contribution < 1.29 is 0 Å². The van der Waals surface area contributed by atoms with Crippen LogP contribution in [0.25, 0.3) is 20.2 Å². The predicted octanol–water partition coefficient (Wildman–Crippen LogP) is 9.78. The molecule has 3 N–H and O–H groups in total. The molecule has 274 valence electrons. The largest absolute Gasteiger partial charge is 0.351 e. The maximum atomic E-state index is 11.3. The molecule has 0 radical (unpaired) electrons. The van der Waals surface area contributed by atoms with Crippen LogP contribution in [-0.4, -0.2) is 29.8 Å². The van der Waals surface area contributed by atoms with Crippen LogP contribution in [0.3, 0.4) is 0 Å². The van der Waals surface area contributed by atoms with Gasteiger partial charge in [0.2, 0.25) is 0 Å². The van der Waals surface area contributed by atoms with Gasteiger partial charge in [0.25, 0.3) is 0 Å². The highest BCUT2D eigenvalue weighted by atomic mass is 32.1. The second kappa shape index (κ2) is 15.0. The van der Waals surface area contributed by atoms with Crippen molar-refractivity contribution in [3.8, 4) is 6.07 Å². The number of aliphatic imine (C=N–C) groups is 3. The molecule has 0 bridgehead atoms. The summed E-state index contributed by atoms with van der Waals surface area (Å²) in [6.45, 7) is 0. The Hall–Kier alpha value is -6.92. The minimum Gasteiger partial charge on any atom is -0.351 e. The Bertz CT molecular complexity index is 2760. The van der Waals surface area contributed by atoms with E-state index in [1.165, 1.54) is 25.7 Å². The average molecular weight is 756 g/mol.